The molecular formula is C26H32F2N4O5. The lowest BCUT2D eigenvalue weighted by atomic mass is 9.91. The first-order valence-corrected chi connectivity index (χ1v) is 11.9. The molecule has 0 bridgehead atoms. The van der Waals surface area contributed by atoms with Crippen LogP contribution in [0.2, 0.25) is 0 Å². The number of halogens is 2. The van der Waals surface area contributed by atoms with Crippen LogP contribution in [0.5, 0.6) is 0 Å². The van der Waals surface area contributed by atoms with E-state index in [2.05, 4.69) is 20.7 Å². The summed E-state index contributed by atoms with van der Waals surface area (Å²) in [6.07, 6.45) is 7.73. The number of rotatable bonds is 12. The predicted molar refractivity (Wildman–Crippen MR) is 135 cm³/mol. The summed E-state index contributed by atoms with van der Waals surface area (Å²) >= 11 is 0. The van der Waals surface area contributed by atoms with Crippen molar-refractivity contribution in [2.75, 3.05) is 32.1 Å². The Kier molecular flexibility index (Phi) is 10.1. The topological polar surface area (TPSA) is 136 Å². The van der Waals surface area contributed by atoms with Gasteiger partial charge in [-0.2, -0.15) is 0 Å². The Morgan fingerprint density at radius 2 is 2.05 bits per heavy atom. The fraction of sp³-hybridized carbons (Fsp3) is 0.385. The van der Waals surface area contributed by atoms with Gasteiger partial charge in [-0.3, -0.25) is 10.2 Å². The highest BCUT2D eigenvalue weighted by atomic mass is 19.2. The normalized spacial score (nSPS) is 19.0. The van der Waals surface area contributed by atoms with E-state index in [1.807, 2.05) is 24.3 Å². The number of ketones is 1. The van der Waals surface area contributed by atoms with Crippen molar-refractivity contribution in [1.82, 2.24) is 10.6 Å². The van der Waals surface area contributed by atoms with E-state index in [1.165, 1.54) is 12.1 Å². The van der Waals surface area contributed by atoms with E-state index in [0.717, 1.165) is 24.6 Å². The molecule has 1 unspecified atom stereocenters. The quantitative estimate of drug-likeness (QED) is 0.108. The Labute approximate surface area is 214 Å². The third-order valence-corrected chi connectivity index (χ3v) is 5.84. The van der Waals surface area contributed by atoms with Gasteiger partial charge >= 0.3 is 6.23 Å². The number of benzene rings is 1. The summed E-state index contributed by atoms with van der Waals surface area (Å²) < 4.78 is 38.0. The molecule has 1 aromatic carbocycles. The number of Topliss-reactive ketones (excluding diaryl/α,β-unsaturated/α-hetero) is 1. The van der Waals surface area contributed by atoms with E-state index < -0.39 is 29.3 Å². The van der Waals surface area contributed by atoms with E-state index in [-0.39, 0.29) is 23.3 Å². The number of alkyl halides is 1. The first-order chi connectivity index (χ1) is 17.7. The van der Waals surface area contributed by atoms with Crippen LogP contribution in [0, 0.1) is 11.2 Å². The van der Waals surface area contributed by atoms with E-state index in [4.69, 9.17) is 20.4 Å². The van der Waals surface area contributed by atoms with Crippen LogP contribution in [0.4, 0.5) is 14.5 Å². The summed E-state index contributed by atoms with van der Waals surface area (Å²) in [5.74, 6) is -2.58. The fourth-order valence-electron chi connectivity index (χ4n) is 3.93. The van der Waals surface area contributed by atoms with E-state index in [1.54, 1.807) is 19.2 Å². The average Bonchev–Trinajstić information content (AvgIpc) is 2.89. The summed E-state index contributed by atoms with van der Waals surface area (Å²) in [5.41, 5.74) is 0.242. The van der Waals surface area contributed by atoms with Crippen LogP contribution in [0.1, 0.15) is 30.7 Å². The maximum atomic E-state index is 14.8. The number of ether oxygens (including phenoxy) is 2. The minimum atomic E-state index is -4.20. The molecule has 0 spiro atoms. The van der Waals surface area contributed by atoms with Gasteiger partial charge in [0.1, 0.15) is 11.5 Å². The molecule has 37 heavy (non-hydrogen) atoms. The van der Waals surface area contributed by atoms with Crippen molar-refractivity contribution < 1.29 is 33.3 Å². The third kappa shape index (κ3) is 8.60. The highest BCUT2D eigenvalue weighted by molar-refractivity contribution is 6.49. The molecule has 0 radical (unpaired) electrons. The number of allylic oxidation sites excluding steroid dienone is 4. The molecule has 0 amide bonds. The first-order valence-electron chi connectivity index (χ1n) is 11.9. The molecule has 11 heteroatoms. The number of nitrogens with one attached hydrogen (secondary N) is 4. The number of likely N-dealkylation sites (N-methyl/N-ethyl adjacent to an activating group) is 1. The van der Waals surface area contributed by atoms with Crippen molar-refractivity contribution in [3.63, 3.8) is 0 Å². The summed E-state index contributed by atoms with van der Waals surface area (Å²) in [6, 6.07) is 4.34. The van der Waals surface area contributed by atoms with Gasteiger partial charge in [-0.1, -0.05) is 30.4 Å². The smallest absolute Gasteiger partial charge is 0.407 e. The van der Waals surface area contributed by atoms with Crippen molar-refractivity contribution in [3.8, 4) is 0 Å². The minimum Gasteiger partial charge on any atom is -0.407 e. The van der Waals surface area contributed by atoms with Crippen LogP contribution in [0.15, 0.2) is 66.2 Å². The molecule has 9 nitrogen and oxygen atoms in total. The van der Waals surface area contributed by atoms with Gasteiger partial charge in [0.15, 0.2) is 5.76 Å². The largest absolute Gasteiger partial charge is 0.492 e. The molecule has 200 valence electrons. The zero-order valence-corrected chi connectivity index (χ0v) is 20.5. The highest BCUT2D eigenvalue weighted by Crippen LogP contribution is 2.29. The van der Waals surface area contributed by atoms with Gasteiger partial charge in [-0.25, -0.2) is 4.39 Å². The Balaban J connectivity index is 1.80. The number of carbonyl (C=O) groups is 1. The van der Waals surface area contributed by atoms with Gasteiger partial charge in [-0.05, 0) is 56.0 Å². The summed E-state index contributed by atoms with van der Waals surface area (Å²) in [4.78, 5) is 13.0. The minimum absolute atomic E-state index is 0.0558. The molecular weight excluding hydrogens is 486 g/mol. The lowest BCUT2D eigenvalue weighted by molar-refractivity contribution is -0.398. The molecule has 1 heterocycles. The van der Waals surface area contributed by atoms with E-state index >= 15 is 0 Å². The van der Waals surface area contributed by atoms with Gasteiger partial charge in [0.05, 0.1) is 11.4 Å². The molecule has 1 aliphatic carbocycles. The molecule has 0 saturated carbocycles. The number of anilines is 1. The van der Waals surface area contributed by atoms with Crippen LogP contribution >= 0.6 is 0 Å². The Bertz CT molecular complexity index is 1090. The van der Waals surface area contributed by atoms with Gasteiger partial charge in [0.25, 0.3) is 0 Å². The second-order valence-electron chi connectivity index (χ2n) is 8.59. The van der Waals surface area contributed by atoms with Crippen molar-refractivity contribution in [2.24, 2.45) is 0 Å². The van der Waals surface area contributed by atoms with E-state index in [9.17, 15) is 13.6 Å². The number of hydrogen-bond acceptors (Lipinski definition) is 9. The molecule has 1 fully saturated rings. The van der Waals surface area contributed by atoms with Gasteiger partial charge in [0.2, 0.25) is 5.78 Å². The summed E-state index contributed by atoms with van der Waals surface area (Å²) in [5, 5.41) is 35.1. The maximum absolute atomic E-state index is 14.8. The predicted octanol–water partition coefficient (Wildman–Crippen LogP) is 2.72. The van der Waals surface area contributed by atoms with Crippen LogP contribution in [-0.4, -0.2) is 60.8 Å². The average molecular weight is 519 g/mol. The van der Waals surface area contributed by atoms with Crippen LogP contribution in [0.25, 0.3) is 0 Å². The fourth-order valence-corrected chi connectivity index (χ4v) is 3.93. The maximum Gasteiger partial charge on any atom is 0.492 e. The molecule has 1 saturated heterocycles. The van der Waals surface area contributed by atoms with Gasteiger partial charge in [0, 0.05) is 32.0 Å². The van der Waals surface area contributed by atoms with Crippen LogP contribution < -0.4 is 16.0 Å². The number of carbonyl (C=O) groups excluding carboxylic acids is 1. The second-order valence-corrected chi connectivity index (χ2v) is 8.59. The van der Waals surface area contributed by atoms with E-state index in [0.29, 0.717) is 26.2 Å². The SMILES string of the molecule is CNC/C=C(\NC1C=CC=CC1)C(=N)C(=O)/C(=C\Nc1ccc(C2CCOCC2)cc1F)OC(O)(O)F. The molecule has 1 atom stereocenters. The van der Waals surface area contributed by atoms with Crippen molar-refractivity contribution in [1.29, 1.82) is 5.41 Å². The second kappa shape index (κ2) is 13.2. The van der Waals surface area contributed by atoms with Crippen molar-refractivity contribution >= 4 is 17.2 Å². The van der Waals surface area contributed by atoms with Crippen molar-refractivity contribution in [2.45, 2.75) is 37.4 Å². The molecule has 6 N–H and O–H groups in total. The summed E-state index contributed by atoms with van der Waals surface area (Å²) in [6.45, 7) is 1.51. The lowest BCUT2D eigenvalue weighted by Gasteiger charge is -2.23. The zero-order valence-electron chi connectivity index (χ0n) is 20.5. The molecule has 3 rings (SSSR count). The Morgan fingerprint density at radius 1 is 1.30 bits per heavy atom. The standard InChI is InChI=1S/C26H32F2N4O5/c1-30-12-9-22(32-19-5-3-2-4-6-19)24(29)25(33)23(37-26(28,34)35)16-31-21-8-7-18(15-20(21)27)17-10-13-36-14-11-17/h2-5,7-9,15-17,19,29-32,34-35H,6,10-14H2,1H3/b22-9-,23-16+,29-24?. The number of aliphatic hydroxyl groups is 2. The first kappa shape index (κ1) is 28.2. The Morgan fingerprint density at radius 3 is 2.68 bits per heavy atom. The Hall–Kier alpha value is -3.38. The lowest BCUT2D eigenvalue weighted by Crippen LogP contribution is -2.36. The number of hydrogen-bond donors (Lipinski definition) is 6. The molecule has 0 aromatic heterocycles. The monoisotopic (exact) mass is 518 g/mol. The summed E-state index contributed by atoms with van der Waals surface area (Å²) in [7, 11) is 1.68. The third-order valence-electron chi connectivity index (χ3n) is 5.84. The van der Waals surface area contributed by atoms with Crippen LogP contribution in [-0.2, 0) is 14.3 Å². The zero-order chi connectivity index (χ0) is 26.8. The van der Waals surface area contributed by atoms with Gasteiger partial charge < -0.3 is 35.6 Å². The van der Waals surface area contributed by atoms with Gasteiger partial charge in [-0.15, -0.1) is 4.39 Å². The molecule has 2 aliphatic rings. The highest BCUT2D eigenvalue weighted by Gasteiger charge is 2.31. The molecule has 1 aliphatic heterocycles. The molecule has 1 aromatic rings. The van der Waals surface area contributed by atoms with Crippen molar-refractivity contribution in [3.05, 3.63) is 77.6 Å². The van der Waals surface area contributed by atoms with Crippen LogP contribution in [0.3, 0.4) is 0 Å².